The van der Waals surface area contributed by atoms with Gasteiger partial charge >= 0.3 is 0 Å². The highest BCUT2D eigenvalue weighted by molar-refractivity contribution is 6.35. The zero-order chi connectivity index (χ0) is 21.9. The van der Waals surface area contributed by atoms with E-state index in [1.807, 2.05) is 48.7 Å². The largest absolute Gasteiger partial charge is 0.492 e. The number of hydrogen-bond donors (Lipinski definition) is 1. The van der Waals surface area contributed by atoms with Crippen LogP contribution in [0.25, 0.3) is 11.1 Å². The number of pyridine rings is 1. The first-order valence-corrected chi connectivity index (χ1v) is 11.5. The minimum Gasteiger partial charge on any atom is -0.492 e. The maximum Gasteiger partial charge on any atom is 0.260 e. The summed E-state index contributed by atoms with van der Waals surface area (Å²) >= 11 is 6.28. The van der Waals surface area contributed by atoms with Crippen molar-refractivity contribution in [1.82, 2.24) is 10.3 Å². The Bertz CT molecular complexity index is 1130. The van der Waals surface area contributed by atoms with Gasteiger partial charge in [0.25, 0.3) is 5.91 Å². The highest BCUT2D eigenvalue weighted by Gasteiger charge is 2.30. The normalized spacial score (nSPS) is 16.3. The fraction of sp³-hybridized carbons (Fsp3) is 0.308. The topological polar surface area (TPSA) is 54.5 Å². The second-order valence-corrected chi connectivity index (χ2v) is 8.86. The minimum atomic E-state index is -0.0594. The quantitative estimate of drug-likeness (QED) is 0.554. The van der Waals surface area contributed by atoms with E-state index in [1.54, 1.807) is 17.2 Å². The predicted octanol–water partition coefficient (Wildman–Crippen LogP) is 5.33. The van der Waals surface area contributed by atoms with Gasteiger partial charge in [0.15, 0.2) is 0 Å². The lowest BCUT2D eigenvalue weighted by molar-refractivity contribution is 0.0997. The molecule has 0 bridgehead atoms. The van der Waals surface area contributed by atoms with Gasteiger partial charge in [0.2, 0.25) is 0 Å². The molecule has 164 valence electrons. The van der Waals surface area contributed by atoms with E-state index < -0.39 is 0 Å². The van der Waals surface area contributed by atoms with E-state index in [1.165, 1.54) is 12.8 Å². The molecule has 1 amide bonds. The van der Waals surface area contributed by atoms with Crippen molar-refractivity contribution in [2.24, 2.45) is 5.92 Å². The van der Waals surface area contributed by atoms with E-state index in [4.69, 9.17) is 16.3 Å². The third-order valence-corrected chi connectivity index (χ3v) is 6.66. The average molecular weight is 448 g/mol. The molecule has 3 aromatic rings. The van der Waals surface area contributed by atoms with Crippen molar-refractivity contribution >= 4 is 23.2 Å². The van der Waals surface area contributed by atoms with E-state index in [0.717, 1.165) is 53.6 Å². The highest BCUT2D eigenvalue weighted by atomic mass is 35.5. The van der Waals surface area contributed by atoms with Crippen molar-refractivity contribution in [2.75, 3.05) is 24.6 Å². The van der Waals surface area contributed by atoms with Crippen molar-refractivity contribution < 1.29 is 9.53 Å². The van der Waals surface area contributed by atoms with Gasteiger partial charge in [-0.15, -0.1) is 0 Å². The summed E-state index contributed by atoms with van der Waals surface area (Å²) in [5.41, 5.74) is 4.36. The van der Waals surface area contributed by atoms with Crippen molar-refractivity contribution in [3.8, 4) is 16.9 Å². The van der Waals surface area contributed by atoms with Crippen LogP contribution in [0.4, 0.5) is 5.69 Å². The Morgan fingerprint density at radius 3 is 2.75 bits per heavy atom. The summed E-state index contributed by atoms with van der Waals surface area (Å²) in [6.07, 6.45) is 7.10. The van der Waals surface area contributed by atoms with Gasteiger partial charge in [0.1, 0.15) is 5.75 Å². The van der Waals surface area contributed by atoms with E-state index in [2.05, 4.69) is 10.3 Å². The molecule has 3 heterocycles. The molecule has 1 aromatic heterocycles. The number of hydrogen-bond acceptors (Lipinski definition) is 4. The Morgan fingerprint density at radius 1 is 1.06 bits per heavy atom. The Kier molecular flexibility index (Phi) is 6.10. The van der Waals surface area contributed by atoms with Crippen LogP contribution in [-0.2, 0) is 6.54 Å². The van der Waals surface area contributed by atoms with Crippen molar-refractivity contribution in [1.29, 1.82) is 0 Å². The lowest BCUT2D eigenvalue weighted by Gasteiger charge is -2.22. The maximum absolute atomic E-state index is 13.0. The number of amides is 1. The number of rotatable bonds is 6. The first kappa shape index (κ1) is 21.0. The number of nitrogens with zero attached hydrogens (tertiary/aromatic N) is 2. The van der Waals surface area contributed by atoms with E-state index in [0.29, 0.717) is 23.7 Å². The Balaban J connectivity index is 1.30. The predicted molar refractivity (Wildman–Crippen MR) is 127 cm³/mol. The molecular formula is C26H26ClN3O2. The van der Waals surface area contributed by atoms with Crippen LogP contribution in [0.1, 0.15) is 35.2 Å². The number of fused-ring (bicyclic) bond motifs is 1. The third-order valence-electron chi connectivity index (χ3n) is 6.35. The summed E-state index contributed by atoms with van der Waals surface area (Å²) in [7, 11) is 0. The van der Waals surface area contributed by atoms with Gasteiger partial charge in [0, 0.05) is 17.4 Å². The van der Waals surface area contributed by atoms with Gasteiger partial charge in [-0.1, -0.05) is 35.9 Å². The van der Waals surface area contributed by atoms with Crippen LogP contribution in [0.2, 0.25) is 5.02 Å². The van der Waals surface area contributed by atoms with Gasteiger partial charge in [-0.25, -0.2) is 0 Å². The number of benzene rings is 2. The lowest BCUT2D eigenvalue weighted by Crippen LogP contribution is -2.28. The number of piperidine rings is 1. The van der Waals surface area contributed by atoms with Crippen LogP contribution in [0.3, 0.4) is 0 Å². The molecule has 5 nitrogen and oxygen atoms in total. The van der Waals surface area contributed by atoms with Gasteiger partial charge in [-0.05, 0) is 73.7 Å². The summed E-state index contributed by atoms with van der Waals surface area (Å²) in [5, 5.41) is 3.91. The standard InChI is InChI=1S/C26H26ClN3O2/c27-24-6-2-4-20-17-30(26(31)25(20)24)22-5-1-3-19(13-22)21-14-23(16-29-15-21)32-12-9-18-7-10-28-11-8-18/h1-6,13-16,18,28H,7-12,17H2. The molecule has 0 aliphatic carbocycles. The third kappa shape index (κ3) is 4.36. The lowest BCUT2D eigenvalue weighted by atomic mass is 9.95. The number of ether oxygens (including phenoxy) is 1. The van der Waals surface area contributed by atoms with E-state index in [9.17, 15) is 4.79 Å². The Morgan fingerprint density at radius 2 is 1.91 bits per heavy atom. The van der Waals surface area contributed by atoms with Gasteiger partial charge in [-0.2, -0.15) is 0 Å². The smallest absolute Gasteiger partial charge is 0.260 e. The molecule has 1 fully saturated rings. The first-order chi connectivity index (χ1) is 15.7. The van der Waals surface area contributed by atoms with E-state index in [-0.39, 0.29) is 5.91 Å². The number of carbonyl (C=O) groups is 1. The van der Waals surface area contributed by atoms with Gasteiger partial charge < -0.3 is 15.0 Å². The fourth-order valence-corrected chi connectivity index (χ4v) is 4.82. The second kappa shape index (κ2) is 9.31. The number of anilines is 1. The summed E-state index contributed by atoms with van der Waals surface area (Å²) in [6, 6.07) is 15.6. The van der Waals surface area contributed by atoms with Crippen molar-refractivity contribution in [2.45, 2.75) is 25.8 Å². The fourth-order valence-electron chi connectivity index (χ4n) is 4.55. The molecule has 2 aliphatic rings. The van der Waals surface area contributed by atoms with Crippen LogP contribution in [-0.4, -0.2) is 30.6 Å². The molecular weight excluding hydrogens is 422 g/mol. The SMILES string of the molecule is O=C1c2c(Cl)cccc2CN1c1cccc(-c2cncc(OCCC3CCNCC3)c2)c1. The zero-order valence-electron chi connectivity index (χ0n) is 17.9. The molecule has 5 rings (SSSR count). The molecule has 0 saturated carbocycles. The molecule has 0 unspecified atom stereocenters. The minimum absolute atomic E-state index is 0.0594. The monoisotopic (exact) mass is 447 g/mol. The van der Waals surface area contributed by atoms with Crippen LogP contribution in [0, 0.1) is 5.92 Å². The van der Waals surface area contributed by atoms with Crippen molar-refractivity contribution in [3.05, 3.63) is 77.1 Å². The van der Waals surface area contributed by atoms with Crippen LogP contribution >= 0.6 is 11.6 Å². The van der Waals surface area contributed by atoms with Crippen LogP contribution in [0.5, 0.6) is 5.75 Å². The molecule has 6 heteroatoms. The van der Waals surface area contributed by atoms with Crippen LogP contribution in [0.15, 0.2) is 60.9 Å². The second-order valence-electron chi connectivity index (χ2n) is 8.46. The number of nitrogens with one attached hydrogen (secondary N) is 1. The summed E-state index contributed by atoms with van der Waals surface area (Å²) in [4.78, 5) is 19.1. The van der Waals surface area contributed by atoms with Gasteiger partial charge in [-0.3, -0.25) is 9.78 Å². The molecule has 1 N–H and O–H groups in total. The molecule has 0 atom stereocenters. The number of halogens is 1. The molecule has 32 heavy (non-hydrogen) atoms. The average Bonchev–Trinajstić information content (AvgIpc) is 3.18. The highest BCUT2D eigenvalue weighted by Crippen LogP contribution is 2.34. The molecule has 0 radical (unpaired) electrons. The summed E-state index contributed by atoms with van der Waals surface area (Å²) in [6.45, 7) is 3.44. The molecule has 1 saturated heterocycles. The number of aromatic nitrogens is 1. The molecule has 0 spiro atoms. The van der Waals surface area contributed by atoms with Crippen LogP contribution < -0.4 is 15.0 Å². The first-order valence-electron chi connectivity index (χ1n) is 11.2. The summed E-state index contributed by atoms with van der Waals surface area (Å²) < 4.78 is 6.01. The van der Waals surface area contributed by atoms with E-state index >= 15 is 0 Å². The Labute approximate surface area is 193 Å². The summed E-state index contributed by atoms with van der Waals surface area (Å²) in [5.74, 6) is 1.45. The maximum atomic E-state index is 13.0. The molecule has 2 aliphatic heterocycles. The Hall–Kier alpha value is -2.89. The molecule has 2 aromatic carbocycles. The van der Waals surface area contributed by atoms with Gasteiger partial charge in [0.05, 0.1) is 29.9 Å². The number of carbonyl (C=O) groups excluding carboxylic acids is 1. The van der Waals surface area contributed by atoms with Crippen molar-refractivity contribution in [3.63, 3.8) is 0 Å². The zero-order valence-corrected chi connectivity index (χ0v) is 18.6.